The van der Waals surface area contributed by atoms with Gasteiger partial charge in [0, 0.05) is 6.20 Å². The lowest BCUT2D eigenvalue weighted by Gasteiger charge is -2.08. The van der Waals surface area contributed by atoms with Crippen molar-refractivity contribution >= 4 is 29.2 Å². The first kappa shape index (κ1) is 13.1. The summed E-state index contributed by atoms with van der Waals surface area (Å²) in [7, 11) is 0. The lowest BCUT2D eigenvalue weighted by atomic mass is 10.2. The molecule has 88 valence electrons. The summed E-state index contributed by atoms with van der Waals surface area (Å²) in [6, 6.07) is 0. The standard InChI is InChI=1S/C9H7Cl2F2NO2/c1-2-16-9(15)4-3-14-7(8(12)13)6(11)5(4)10/h3,8H,2H2,1H3. The third kappa shape index (κ3) is 2.59. The zero-order valence-corrected chi connectivity index (χ0v) is 9.65. The first-order valence-electron chi connectivity index (χ1n) is 4.28. The molecule has 1 rings (SSSR count). The third-order valence-electron chi connectivity index (χ3n) is 1.69. The lowest BCUT2D eigenvalue weighted by Crippen LogP contribution is -2.07. The summed E-state index contributed by atoms with van der Waals surface area (Å²) in [6.45, 7) is 1.75. The highest BCUT2D eigenvalue weighted by molar-refractivity contribution is 6.44. The molecule has 1 heterocycles. The monoisotopic (exact) mass is 269 g/mol. The quantitative estimate of drug-likeness (QED) is 0.789. The zero-order chi connectivity index (χ0) is 12.3. The molecule has 0 atom stereocenters. The van der Waals surface area contributed by atoms with Crippen LogP contribution >= 0.6 is 23.2 Å². The summed E-state index contributed by atoms with van der Waals surface area (Å²) < 4.78 is 29.4. The van der Waals surface area contributed by atoms with Crippen molar-refractivity contribution in [2.24, 2.45) is 0 Å². The van der Waals surface area contributed by atoms with Gasteiger partial charge in [-0.3, -0.25) is 4.98 Å². The number of aromatic nitrogens is 1. The smallest absolute Gasteiger partial charge is 0.341 e. The van der Waals surface area contributed by atoms with Crippen LogP contribution in [0.2, 0.25) is 10.0 Å². The average molecular weight is 270 g/mol. The van der Waals surface area contributed by atoms with Crippen LogP contribution in [0.15, 0.2) is 6.20 Å². The molecule has 0 spiro atoms. The minimum atomic E-state index is -2.85. The van der Waals surface area contributed by atoms with Crippen LogP contribution in [0.1, 0.15) is 29.4 Å². The van der Waals surface area contributed by atoms with E-state index in [0.717, 1.165) is 6.20 Å². The van der Waals surface area contributed by atoms with E-state index in [0.29, 0.717) is 0 Å². The molecule has 0 unspecified atom stereocenters. The normalized spacial score (nSPS) is 10.6. The van der Waals surface area contributed by atoms with E-state index in [4.69, 9.17) is 23.2 Å². The Morgan fingerprint density at radius 3 is 2.62 bits per heavy atom. The van der Waals surface area contributed by atoms with E-state index < -0.39 is 23.1 Å². The maximum Gasteiger partial charge on any atom is 0.341 e. The number of carbonyl (C=O) groups excluding carboxylic acids is 1. The fraction of sp³-hybridized carbons (Fsp3) is 0.333. The summed E-state index contributed by atoms with van der Waals surface area (Å²) in [5.74, 6) is -0.747. The lowest BCUT2D eigenvalue weighted by molar-refractivity contribution is 0.0525. The third-order valence-corrected chi connectivity index (χ3v) is 2.56. The molecular formula is C9H7Cl2F2NO2. The second-order valence-corrected chi connectivity index (χ2v) is 3.46. The second-order valence-electron chi connectivity index (χ2n) is 2.71. The Balaban J connectivity index is 3.16. The van der Waals surface area contributed by atoms with Gasteiger partial charge in [-0.05, 0) is 6.92 Å². The van der Waals surface area contributed by atoms with Gasteiger partial charge in [-0.1, -0.05) is 23.2 Å². The predicted octanol–water partition coefficient (Wildman–Crippen LogP) is 3.50. The highest BCUT2D eigenvalue weighted by Crippen LogP contribution is 2.33. The molecular weight excluding hydrogens is 263 g/mol. The Kier molecular flexibility index (Phi) is 4.44. The van der Waals surface area contributed by atoms with Crippen molar-refractivity contribution in [3.63, 3.8) is 0 Å². The Morgan fingerprint density at radius 1 is 1.50 bits per heavy atom. The number of hydrogen-bond acceptors (Lipinski definition) is 3. The van der Waals surface area contributed by atoms with Crippen molar-refractivity contribution in [2.45, 2.75) is 13.3 Å². The minimum Gasteiger partial charge on any atom is -0.462 e. The molecule has 0 aliphatic heterocycles. The number of halogens is 4. The molecule has 7 heteroatoms. The van der Waals surface area contributed by atoms with E-state index in [2.05, 4.69) is 9.72 Å². The molecule has 1 aromatic rings. The molecule has 0 saturated heterocycles. The Hall–Kier alpha value is -0.940. The second kappa shape index (κ2) is 5.41. The van der Waals surface area contributed by atoms with Gasteiger partial charge in [0.2, 0.25) is 0 Å². The summed E-state index contributed by atoms with van der Waals surface area (Å²) >= 11 is 11.2. The van der Waals surface area contributed by atoms with Gasteiger partial charge in [0.1, 0.15) is 5.69 Å². The van der Waals surface area contributed by atoms with Crippen LogP contribution in [-0.2, 0) is 4.74 Å². The molecule has 0 aliphatic carbocycles. The average Bonchev–Trinajstić information content (AvgIpc) is 2.21. The first-order valence-corrected chi connectivity index (χ1v) is 5.03. The SMILES string of the molecule is CCOC(=O)c1cnc(C(F)F)c(Cl)c1Cl. The number of carbonyl (C=O) groups is 1. The number of hydrogen-bond donors (Lipinski definition) is 0. The van der Waals surface area contributed by atoms with Crippen LogP contribution in [0.3, 0.4) is 0 Å². The van der Waals surface area contributed by atoms with Crippen LogP contribution in [0.25, 0.3) is 0 Å². The molecule has 0 fully saturated rings. The van der Waals surface area contributed by atoms with Gasteiger partial charge in [0.25, 0.3) is 6.43 Å². The van der Waals surface area contributed by atoms with Crippen LogP contribution in [-0.4, -0.2) is 17.6 Å². The van der Waals surface area contributed by atoms with Crippen LogP contribution < -0.4 is 0 Å². The molecule has 0 bridgehead atoms. The number of alkyl halides is 2. The van der Waals surface area contributed by atoms with Crippen LogP contribution in [0.5, 0.6) is 0 Å². The van der Waals surface area contributed by atoms with E-state index in [-0.39, 0.29) is 17.2 Å². The number of nitrogens with zero attached hydrogens (tertiary/aromatic N) is 1. The Bertz CT molecular complexity index is 413. The topological polar surface area (TPSA) is 39.2 Å². The van der Waals surface area contributed by atoms with Crippen molar-refractivity contribution < 1.29 is 18.3 Å². The van der Waals surface area contributed by atoms with Crippen LogP contribution in [0.4, 0.5) is 8.78 Å². The molecule has 3 nitrogen and oxygen atoms in total. The number of ether oxygens (including phenoxy) is 1. The fourth-order valence-corrected chi connectivity index (χ4v) is 1.44. The van der Waals surface area contributed by atoms with Gasteiger partial charge >= 0.3 is 5.97 Å². The molecule has 1 aromatic heterocycles. The fourth-order valence-electron chi connectivity index (χ4n) is 0.981. The highest BCUT2D eigenvalue weighted by atomic mass is 35.5. The molecule has 0 saturated carbocycles. The number of pyridine rings is 1. The summed E-state index contributed by atoms with van der Waals surface area (Å²) in [5.41, 5.74) is -0.780. The van der Waals surface area contributed by atoms with E-state index in [9.17, 15) is 13.6 Å². The van der Waals surface area contributed by atoms with Crippen molar-refractivity contribution in [3.8, 4) is 0 Å². The maximum absolute atomic E-state index is 12.4. The summed E-state index contributed by atoms with van der Waals surface area (Å²) in [4.78, 5) is 14.7. The van der Waals surface area contributed by atoms with E-state index >= 15 is 0 Å². The van der Waals surface area contributed by atoms with Gasteiger partial charge in [-0.25, -0.2) is 13.6 Å². The van der Waals surface area contributed by atoms with Gasteiger partial charge in [0.05, 0.1) is 22.2 Å². The highest BCUT2D eigenvalue weighted by Gasteiger charge is 2.22. The first-order chi connectivity index (χ1) is 7.49. The zero-order valence-electron chi connectivity index (χ0n) is 8.14. The molecule has 0 N–H and O–H groups in total. The van der Waals surface area contributed by atoms with Crippen LogP contribution in [0, 0.1) is 0 Å². The van der Waals surface area contributed by atoms with Gasteiger partial charge in [-0.2, -0.15) is 0 Å². The van der Waals surface area contributed by atoms with Gasteiger partial charge in [0.15, 0.2) is 0 Å². The maximum atomic E-state index is 12.4. The minimum absolute atomic E-state index is 0.127. The predicted molar refractivity (Wildman–Crippen MR) is 55.2 cm³/mol. The number of esters is 1. The Morgan fingerprint density at radius 2 is 2.12 bits per heavy atom. The van der Waals surface area contributed by atoms with Crippen molar-refractivity contribution in [1.29, 1.82) is 0 Å². The van der Waals surface area contributed by atoms with E-state index in [1.54, 1.807) is 6.92 Å². The Labute approximate surface area is 100 Å². The summed E-state index contributed by atoms with van der Waals surface area (Å²) in [5, 5.41) is -0.701. The molecule has 0 amide bonds. The van der Waals surface area contributed by atoms with E-state index in [1.165, 1.54) is 0 Å². The largest absolute Gasteiger partial charge is 0.462 e. The number of rotatable bonds is 3. The van der Waals surface area contributed by atoms with Crippen molar-refractivity contribution in [2.75, 3.05) is 6.61 Å². The van der Waals surface area contributed by atoms with Crippen molar-refractivity contribution in [3.05, 3.63) is 27.5 Å². The van der Waals surface area contributed by atoms with Gasteiger partial charge < -0.3 is 4.74 Å². The summed E-state index contributed by atoms with van der Waals surface area (Å²) in [6.07, 6.45) is -1.92. The van der Waals surface area contributed by atoms with Crippen molar-refractivity contribution in [1.82, 2.24) is 4.98 Å². The van der Waals surface area contributed by atoms with Gasteiger partial charge in [-0.15, -0.1) is 0 Å². The van der Waals surface area contributed by atoms with E-state index in [1.807, 2.05) is 0 Å². The molecule has 16 heavy (non-hydrogen) atoms. The molecule has 0 radical (unpaired) electrons. The molecule has 0 aliphatic rings. The molecule has 0 aromatic carbocycles.